The van der Waals surface area contributed by atoms with Crippen molar-refractivity contribution in [3.63, 3.8) is 0 Å². The van der Waals surface area contributed by atoms with Crippen LogP contribution in [0.4, 0.5) is 0 Å². The maximum absolute atomic E-state index is 12.3. The minimum Gasteiger partial charge on any atom is -0.347 e. The molecule has 0 radical (unpaired) electrons. The molecule has 0 aliphatic rings. The van der Waals surface area contributed by atoms with Crippen LogP contribution in [0, 0.1) is 5.92 Å². The third-order valence-electron chi connectivity index (χ3n) is 3.87. The molecule has 26 heavy (non-hydrogen) atoms. The molecule has 0 aliphatic heterocycles. The molecule has 0 bridgehead atoms. The SMILES string of the molecule is CC(C)[C@H](NC(=O)CN(C)S(=O)(=O)/C=C/c1ccccc1)c1cccs1. The monoisotopic (exact) mass is 392 g/mol. The van der Waals surface area contributed by atoms with E-state index in [2.05, 4.69) is 5.32 Å². The van der Waals surface area contributed by atoms with Crippen molar-refractivity contribution in [1.82, 2.24) is 9.62 Å². The molecule has 0 saturated heterocycles. The number of likely N-dealkylation sites (N-methyl/N-ethyl adjacent to an activating group) is 1. The number of nitrogens with zero attached hydrogens (tertiary/aromatic N) is 1. The molecule has 0 aliphatic carbocycles. The summed E-state index contributed by atoms with van der Waals surface area (Å²) in [7, 11) is -2.27. The number of amides is 1. The highest BCUT2D eigenvalue weighted by molar-refractivity contribution is 7.92. The van der Waals surface area contributed by atoms with Crippen LogP contribution in [0.3, 0.4) is 0 Å². The topological polar surface area (TPSA) is 66.5 Å². The Balaban J connectivity index is 2.00. The summed E-state index contributed by atoms with van der Waals surface area (Å²) in [5.74, 6) is -0.117. The van der Waals surface area contributed by atoms with E-state index in [-0.39, 0.29) is 24.4 Å². The zero-order valence-electron chi connectivity index (χ0n) is 15.1. The first-order valence-corrected chi connectivity index (χ1v) is 10.7. The number of thiophene rings is 1. The van der Waals surface area contributed by atoms with Gasteiger partial charge in [0.25, 0.3) is 0 Å². The van der Waals surface area contributed by atoms with Gasteiger partial charge in [0.1, 0.15) is 0 Å². The number of rotatable bonds is 8. The molecule has 5 nitrogen and oxygen atoms in total. The van der Waals surface area contributed by atoms with Gasteiger partial charge >= 0.3 is 0 Å². The van der Waals surface area contributed by atoms with Gasteiger partial charge in [-0.15, -0.1) is 11.3 Å². The molecule has 0 unspecified atom stereocenters. The largest absolute Gasteiger partial charge is 0.347 e. The number of benzene rings is 1. The van der Waals surface area contributed by atoms with Crippen molar-refractivity contribution in [1.29, 1.82) is 0 Å². The van der Waals surface area contributed by atoms with Crippen LogP contribution >= 0.6 is 11.3 Å². The van der Waals surface area contributed by atoms with Crippen LogP contribution in [0.25, 0.3) is 6.08 Å². The van der Waals surface area contributed by atoms with Crippen molar-refractivity contribution in [2.45, 2.75) is 19.9 Å². The van der Waals surface area contributed by atoms with Crippen LogP contribution in [0.5, 0.6) is 0 Å². The van der Waals surface area contributed by atoms with Crippen molar-refractivity contribution in [2.75, 3.05) is 13.6 Å². The standard InChI is InChI=1S/C19H24N2O3S2/c1-15(2)19(17-10-7-12-25-17)20-18(22)14-21(3)26(23,24)13-11-16-8-5-4-6-9-16/h4-13,15,19H,14H2,1-3H3,(H,20,22)/b13-11+/t19-/m0/s1. The summed E-state index contributed by atoms with van der Waals surface area (Å²) in [5, 5.41) is 6.02. The molecule has 2 aromatic rings. The van der Waals surface area contributed by atoms with Gasteiger partial charge in [-0.2, -0.15) is 4.31 Å². The summed E-state index contributed by atoms with van der Waals surface area (Å²) in [6, 6.07) is 12.9. The Bertz CT molecular complexity index is 829. The van der Waals surface area contributed by atoms with E-state index in [1.807, 2.05) is 61.7 Å². The summed E-state index contributed by atoms with van der Waals surface area (Å²) in [4.78, 5) is 13.4. The van der Waals surface area contributed by atoms with Crippen molar-refractivity contribution in [3.8, 4) is 0 Å². The fourth-order valence-corrected chi connectivity index (χ4v) is 4.16. The van der Waals surface area contributed by atoms with Crippen molar-refractivity contribution in [2.24, 2.45) is 5.92 Å². The smallest absolute Gasteiger partial charge is 0.236 e. The summed E-state index contributed by atoms with van der Waals surface area (Å²) in [5.41, 5.74) is 0.784. The predicted octanol–water partition coefficient (Wildman–Crippen LogP) is 3.49. The number of carbonyl (C=O) groups is 1. The Labute approximate surface area is 159 Å². The predicted molar refractivity (Wildman–Crippen MR) is 107 cm³/mol. The number of nitrogens with one attached hydrogen (secondary N) is 1. The number of hydrogen-bond donors (Lipinski definition) is 1. The Hall–Kier alpha value is -1.96. The number of hydrogen-bond acceptors (Lipinski definition) is 4. The molecule has 1 N–H and O–H groups in total. The molecule has 2 rings (SSSR count). The van der Waals surface area contributed by atoms with Crippen LogP contribution in [0.2, 0.25) is 0 Å². The molecule has 7 heteroatoms. The molecule has 1 heterocycles. The van der Waals surface area contributed by atoms with E-state index in [0.29, 0.717) is 0 Å². The maximum Gasteiger partial charge on any atom is 0.236 e. The quantitative estimate of drug-likeness (QED) is 0.748. The molecule has 0 fully saturated rings. The zero-order valence-corrected chi connectivity index (χ0v) is 16.8. The molecule has 1 amide bonds. The fourth-order valence-electron chi connectivity index (χ4n) is 2.38. The molecule has 140 valence electrons. The van der Waals surface area contributed by atoms with E-state index in [0.717, 1.165) is 20.2 Å². The van der Waals surface area contributed by atoms with Crippen LogP contribution in [-0.4, -0.2) is 32.2 Å². The van der Waals surface area contributed by atoms with E-state index >= 15 is 0 Å². The Morgan fingerprint density at radius 1 is 1.19 bits per heavy atom. The highest BCUT2D eigenvalue weighted by atomic mass is 32.2. The van der Waals surface area contributed by atoms with Gasteiger partial charge in [-0.3, -0.25) is 4.79 Å². The Morgan fingerprint density at radius 2 is 1.88 bits per heavy atom. The zero-order chi connectivity index (χ0) is 19.2. The van der Waals surface area contributed by atoms with Crippen molar-refractivity contribution >= 4 is 33.3 Å². The summed E-state index contributed by atoms with van der Waals surface area (Å²) >= 11 is 1.57. The minimum atomic E-state index is -3.67. The highest BCUT2D eigenvalue weighted by Crippen LogP contribution is 2.25. The average Bonchev–Trinajstić information content (AvgIpc) is 3.12. The van der Waals surface area contributed by atoms with Gasteiger partial charge in [0.2, 0.25) is 15.9 Å². The van der Waals surface area contributed by atoms with E-state index in [1.54, 1.807) is 11.3 Å². The number of carbonyl (C=O) groups excluding carboxylic acids is 1. The molecule has 1 aromatic carbocycles. The molecule has 0 spiro atoms. The Morgan fingerprint density at radius 3 is 2.46 bits per heavy atom. The summed E-state index contributed by atoms with van der Waals surface area (Å²) in [6.07, 6.45) is 1.52. The molecular formula is C19H24N2O3S2. The average molecular weight is 393 g/mol. The summed E-state index contributed by atoms with van der Waals surface area (Å²) in [6.45, 7) is 3.82. The van der Waals surface area contributed by atoms with E-state index in [9.17, 15) is 13.2 Å². The van der Waals surface area contributed by atoms with E-state index in [4.69, 9.17) is 0 Å². The van der Waals surface area contributed by atoms with Crippen LogP contribution < -0.4 is 5.32 Å². The number of sulfonamides is 1. The third-order valence-corrected chi connectivity index (χ3v) is 6.30. The fraction of sp³-hybridized carbons (Fsp3) is 0.316. The maximum atomic E-state index is 12.3. The molecule has 1 atom stereocenters. The normalized spacial score (nSPS) is 13.4. The summed E-state index contributed by atoms with van der Waals surface area (Å²) < 4.78 is 25.7. The third kappa shape index (κ3) is 5.79. The molecular weight excluding hydrogens is 368 g/mol. The van der Waals surface area contributed by atoms with Crippen molar-refractivity contribution in [3.05, 3.63) is 63.7 Å². The molecule has 0 saturated carbocycles. The molecule has 1 aromatic heterocycles. The van der Waals surface area contributed by atoms with Gasteiger partial charge in [-0.25, -0.2) is 8.42 Å². The first-order valence-electron chi connectivity index (χ1n) is 8.32. The lowest BCUT2D eigenvalue weighted by molar-refractivity contribution is -0.122. The van der Waals surface area contributed by atoms with Crippen LogP contribution in [0.15, 0.2) is 53.3 Å². The first kappa shape index (κ1) is 20.4. The van der Waals surface area contributed by atoms with Gasteiger partial charge in [-0.1, -0.05) is 50.2 Å². The second-order valence-corrected chi connectivity index (χ2v) is 9.22. The second kappa shape index (κ2) is 9.12. The van der Waals surface area contributed by atoms with Gasteiger partial charge in [0.05, 0.1) is 12.6 Å². The van der Waals surface area contributed by atoms with Crippen LogP contribution in [0.1, 0.15) is 30.3 Å². The Kier molecular flexibility index (Phi) is 7.14. The van der Waals surface area contributed by atoms with Gasteiger partial charge in [0, 0.05) is 17.3 Å². The van der Waals surface area contributed by atoms with E-state index < -0.39 is 10.0 Å². The van der Waals surface area contributed by atoms with Crippen LogP contribution in [-0.2, 0) is 14.8 Å². The lowest BCUT2D eigenvalue weighted by Gasteiger charge is -2.23. The van der Waals surface area contributed by atoms with E-state index in [1.165, 1.54) is 13.1 Å². The first-order chi connectivity index (χ1) is 12.3. The minimum absolute atomic E-state index is 0.126. The highest BCUT2D eigenvalue weighted by Gasteiger charge is 2.22. The lowest BCUT2D eigenvalue weighted by atomic mass is 10.0. The van der Waals surface area contributed by atoms with Gasteiger partial charge < -0.3 is 5.32 Å². The van der Waals surface area contributed by atoms with Gasteiger partial charge in [0.15, 0.2) is 0 Å². The van der Waals surface area contributed by atoms with Crippen molar-refractivity contribution < 1.29 is 13.2 Å². The van der Waals surface area contributed by atoms with Gasteiger partial charge in [-0.05, 0) is 29.0 Å². The second-order valence-electron chi connectivity index (χ2n) is 6.32. The lowest BCUT2D eigenvalue weighted by Crippen LogP contribution is -2.40.